The summed E-state index contributed by atoms with van der Waals surface area (Å²) < 4.78 is 32.0. The molecule has 8 nitrogen and oxygen atoms in total. The number of anilines is 1. The Morgan fingerprint density at radius 1 is 1.21 bits per heavy atom. The number of rotatable bonds is 8. The van der Waals surface area contributed by atoms with Crippen LogP contribution in [0.25, 0.3) is 0 Å². The summed E-state index contributed by atoms with van der Waals surface area (Å²) in [5.74, 6) is -0.929. The fraction of sp³-hybridized carbons (Fsp3) is 0.579. The monoisotopic (exact) mass is 411 g/mol. The van der Waals surface area contributed by atoms with Gasteiger partial charge in [-0.2, -0.15) is 4.31 Å². The van der Waals surface area contributed by atoms with E-state index in [1.54, 1.807) is 19.9 Å². The molecule has 9 heteroatoms. The fourth-order valence-electron chi connectivity index (χ4n) is 3.29. The van der Waals surface area contributed by atoms with Crippen molar-refractivity contribution in [2.75, 3.05) is 37.7 Å². The topological polar surface area (TPSA) is 110 Å². The van der Waals surface area contributed by atoms with Gasteiger partial charge in [-0.3, -0.25) is 4.79 Å². The Balaban J connectivity index is 2.45. The first-order valence-electron chi connectivity index (χ1n) is 9.55. The van der Waals surface area contributed by atoms with Crippen molar-refractivity contribution in [3.8, 4) is 0 Å². The average molecular weight is 412 g/mol. The molecular weight excluding hydrogens is 382 g/mol. The number of amides is 1. The van der Waals surface area contributed by atoms with Gasteiger partial charge in [0.25, 0.3) is 5.91 Å². The van der Waals surface area contributed by atoms with Crippen LogP contribution in [0, 0.1) is 5.92 Å². The lowest BCUT2D eigenvalue weighted by molar-refractivity contribution is -0.121. The molecule has 2 N–H and O–H groups in total. The van der Waals surface area contributed by atoms with E-state index in [0.717, 1.165) is 25.9 Å². The summed E-state index contributed by atoms with van der Waals surface area (Å²) in [6.07, 6.45) is 1.96. The van der Waals surface area contributed by atoms with E-state index in [1.165, 1.54) is 16.4 Å². The van der Waals surface area contributed by atoms with Gasteiger partial charge >= 0.3 is 5.97 Å². The van der Waals surface area contributed by atoms with Gasteiger partial charge in [-0.05, 0) is 37.0 Å². The van der Waals surface area contributed by atoms with Crippen LogP contribution in [0.5, 0.6) is 0 Å². The molecule has 28 heavy (non-hydrogen) atoms. The van der Waals surface area contributed by atoms with Crippen molar-refractivity contribution in [2.45, 2.75) is 38.5 Å². The predicted molar refractivity (Wildman–Crippen MR) is 107 cm³/mol. The number of nitrogens with zero attached hydrogens (tertiary/aromatic N) is 2. The van der Waals surface area contributed by atoms with Crippen molar-refractivity contribution < 1.29 is 22.7 Å². The molecule has 1 heterocycles. The highest BCUT2D eigenvalue weighted by Gasteiger charge is 2.27. The molecule has 2 rings (SSSR count). The summed E-state index contributed by atoms with van der Waals surface area (Å²) in [6.45, 7) is 7.32. The van der Waals surface area contributed by atoms with Crippen LogP contribution in [0.15, 0.2) is 23.1 Å². The second-order valence-electron chi connectivity index (χ2n) is 6.98. The number of carbonyl (C=O) groups excluding carboxylic acids is 2. The summed E-state index contributed by atoms with van der Waals surface area (Å²) in [7, 11) is -3.73. The second kappa shape index (κ2) is 9.38. The maximum absolute atomic E-state index is 12.9. The number of hydrogen-bond donors (Lipinski definition) is 1. The molecule has 0 aromatic heterocycles. The fourth-order valence-corrected chi connectivity index (χ4v) is 4.78. The number of nitrogens with two attached hydrogens (primary N) is 1. The standard InChI is InChI=1S/C19H29N3O5S/c1-4-22(5-2)28(25,26)15-6-7-17(21-10-8-14(3)9-11-21)16(12-15)19(24)27-13-18(20)23/h6-7,12,14H,4-5,8-11,13H2,1-3H3,(H2,20,23). The van der Waals surface area contributed by atoms with Gasteiger partial charge in [-0.15, -0.1) is 0 Å². The Morgan fingerprint density at radius 3 is 2.36 bits per heavy atom. The number of ether oxygens (including phenoxy) is 1. The van der Waals surface area contributed by atoms with E-state index in [-0.39, 0.29) is 10.5 Å². The van der Waals surface area contributed by atoms with Gasteiger partial charge < -0.3 is 15.4 Å². The van der Waals surface area contributed by atoms with Gasteiger partial charge in [0.2, 0.25) is 10.0 Å². The van der Waals surface area contributed by atoms with Crippen molar-refractivity contribution >= 4 is 27.6 Å². The molecule has 1 aliphatic heterocycles. The van der Waals surface area contributed by atoms with Gasteiger partial charge in [0, 0.05) is 26.2 Å². The third-order valence-corrected chi connectivity index (χ3v) is 7.05. The van der Waals surface area contributed by atoms with Gasteiger partial charge in [0.05, 0.1) is 16.1 Å². The molecule has 1 aromatic carbocycles. The minimum absolute atomic E-state index is 0.0244. The predicted octanol–water partition coefficient (Wildman–Crippen LogP) is 1.60. The summed E-state index contributed by atoms with van der Waals surface area (Å²) in [6, 6.07) is 4.50. The molecule has 0 aliphatic carbocycles. The van der Waals surface area contributed by atoms with Crippen molar-refractivity contribution in [3.05, 3.63) is 23.8 Å². The molecule has 0 spiro atoms. The van der Waals surface area contributed by atoms with E-state index in [4.69, 9.17) is 10.5 Å². The number of benzene rings is 1. The van der Waals surface area contributed by atoms with Gasteiger partial charge in [0.15, 0.2) is 6.61 Å². The molecular formula is C19H29N3O5S. The van der Waals surface area contributed by atoms with Crippen LogP contribution >= 0.6 is 0 Å². The highest BCUT2D eigenvalue weighted by atomic mass is 32.2. The maximum atomic E-state index is 12.9. The third kappa shape index (κ3) is 5.02. The number of hydrogen-bond acceptors (Lipinski definition) is 6. The molecule has 0 saturated carbocycles. The summed E-state index contributed by atoms with van der Waals surface area (Å²) >= 11 is 0. The minimum Gasteiger partial charge on any atom is -0.452 e. The first-order valence-corrected chi connectivity index (χ1v) is 11.0. The van der Waals surface area contributed by atoms with Crippen LogP contribution in [0.4, 0.5) is 5.69 Å². The van der Waals surface area contributed by atoms with E-state index in [9.17, 15) is 18.0 Å². The van der Waals surface area contributed by atoms with E-state index in [1.807, 2.05) is 0 Å². The second-order valence-corrected chi connectivity index (χ2v) is 8.92. The van der Waals surface area contributed by atoms with Crippen molar-refractivity contribution in [2.24, 2.45) is 11.7 Å². The third-order valence-electron chi connectivity index (χ3n) is 5.00. The van der Waals surface area contributed by atoms with Crippen molar-refractivity contribution in [1.82, 2.24) is 4.31 Å². The van der Waals surface area contributed by atoms with Crippen molar-refractivity contribution in [1.29, 1.82) is 0 Å². The zero-order valence-corrected chi connectivity index (χ0v) is 17.5. The van der Waals surface area contributed by atoms with Crippen LogP contribution in [0.2, 0.25) is 0 Å². The maximum Gasteiger partial charge on any atom is 0.340 e. The van der Waals surface area contributed by atoms with Crippen LogP contribution in [0.1, 0.15) is 44.0 Å². The Kier molecular flexibility index (Phi) is 7.42. The van der Waals surface area contributed by atoms with Crippen LogP contribution in [0.3, 0.4) is 0 Å². The Bertz CT molecular complexity index is 813. The van der Waals surface area contributed by atoms with Gasteiger partial charge in [-0.25, -0.2) is 13.2 Å². The van der Waals surface area contributed by atoms with E-state index >= 15 is 0 Å². The van der Waals surface area contributed by atoms with Crippen LogP contribution in [-0.4, -0.2) is 57.4 Å². The number of primary amides is 1. The van der Waals surface area contributed by atoms with Crippen LogP contribution in [-0.2, 0) is 19.6 Å². The minimum atomic E-state index is -3.73. The lowest BCUT2D eigenvalue weighted by Gasteiger charge is -2.33. The molecule has 0 atom stereocenters. The molecule has 1 aromatic rings. The molecule has 1 amide bonds. The zero-order valence-electron chi connectivity index (χ0n) is 16.7. The molecule has 1 aliphatic rings. The highest BCUT2D eigenvalue weighted by Crippen LogP contribution is 2.30. The molecule has 0 radical (unpaired) electrons. The van der Waals surface area contributed by atoms with E-state index in [0.29, 0.717) is 24.7 Å². The quantitative estimate of drug-likeness (QED) is 0.651. The molecule has 156 valence electrons. The summed E-state index contributed by atoms with van der Waals surface area (Å²) in [5, 5.41) is 0. The summed E-state index contributed by atoms with van der Waals surface area (Å²) in [4.78, 5) is 25.7. The average Bonchev–Trinajstić information content (AvgIpc) is 2.67. The SMILES string of the molecule is CCN(CC)S(=O)(=O)c1ccc(N2CCC(C)CC2)c(C(=O)OCC(N)=O)c1. The molecule has 0 unspecified atom stereocenters. The first-order chi connectivity index (χ1) is 13.2. The number of sulfonamides is 1. The molecule has 1 saturated heterocycles. The Hall–Kier alpha value is -2.13. The lowest BCUT2D eigenvalue weighted by atomic mass is 9.98. The number of piperidine rings is 1. The normalized spacial score (nSPS) is 15.6. The van der Waals surface area contributed by atoms with E-state index in [2.05, 4.69) is 11.8 Å². The smallest absolute Gasteiger partial charge is 0.340 e. The Labute approximate surface area is 166 Å². The zero-order chi connectivity index (χ0) is 20.9. The van der Waals surface area contributed by atoms with Crippen molar-refractivity contribution in [3.63, 3.8) is 0 Å². The largest absolute Gasteiger partial charge is 0.452 e. The summed E-state index contributed by atoms with van der Waals surface area (Å²) in [5.41, 5.74) is 5.80. The van der Waals surface area contributed by atoms with Crippen LogP contribution < -0.4 is 10.6 Å². The first kappa shape index (κ1) is 22.2. The van der Waals surface area contributed by atoms with E-state index < -0.39 is 28.5 Å². The highest BCUT2D eigenvalue weighted by molar-refractivity contribution is 7.89. The number of carbonyl (C=O) groups is 2. The molecule has 1 fully saturated rings. The Morgan fingerprint density at radius 2 is 1.82 bits per heavy atom. The number of esters is 1. The van der Waals surface area contributed by atoms with Gasteiger partial charge in [0.1, 0.15) is 0 Å². The molecule has 0 bridgehead atoms. The lowest BCUT2D eigenvalue weighted by Crippen LogP contribution is -2.34. The van der Waals surface area contributed by atoms with Gasteiger partial charge in [-0.1, -0.05) is 20.8 Å².